The molecule has 3 aromatic rings. The van der Waals surface area contributed by atoms with E-state index in [2.05, 4.69) is 15.3 Å². The van der Waals surface area contributed by atoms with E-state index >= 15 is 0 Å². The number of amides is 1. The third-order valence-electron chi connectivity index (χ3n) is 4.27. The minimum absolute atomic E-state index is 0.113. The van der Waals surface area contributed by atoms with E-state index in [1.807, 2.05) is 6.07 Å². The van der Waals surface area contributed by atoms with Gasteiger partial charge in [-0.05, 0) is 30.7 Å². The predicted octanol–water partition coefficient (Wildman–Crippen LogP) is 2.37. The average molecular weight is 427 g/mol. The van der Waals surface area contributed by atoms with Crippen LogP contribution >= 0.6 is 11.3 Å². The van der Waals surface area contributed by atoms with Crippen LogP contribution in [0.3, 0.4) is 0 Å². The van der Waals surface area contributed by atoms with Crippen LogP contribution in [0.5, 0.6) is 0 Å². The Morgan fingerprint density at radius 2 is 1.97 bits per heavy atom. The summed E-state index contributed by atoms with van der Waals surface area (Å²) in [4.78, 5) is 55.5. The monoisotopic (exact) mass is 427 g/mol. The molecular formula is C21H21N3O5S. The van der Waals surface area contributed by atoms with E-state index in [0.29, 0.717) is 41.0 Å². The third-order valence-corrected chi connectivity index (χ3v) is 5.39. The van der Waals surface area contributed by atoms with Crippen LogP contribution in [0.15, 0.2) is 41.2 Å². The number of fused-ring (bicyclic) bond motifs is 1. The molecule has 3 rings (SSSR count). The zero-order chi connectivity index (χ0) is 21.5. The molecule has 0 radical (unpaired) electrons. The summed E-state index contributed by atoms with van der Waals surface area (Å²) >= 11 is 1.25. The third kappa shape index (κ3) is 5.84. The van der Waals surface area contributed by atoms with Crippen molar-refractivity contribution in [3.63, 3.8) is 0 Å². The molecule has 0 unspecified atom stereocenters. The van der Waals surface area contributed by atoms with Gasteiger partial charge >= 0.3 is 5.97 Å². The van der Waals surface area contributed by atoms with Crippen molar-refractivity contribution in [3.05, 3.63) is 62.3 Å². The number of benzene rings is 1. The Morgan fingerprint density at radius 3 is 2.77 bits per heavy atom. The highest BCUT2D eigenvalue weighted by Gasteiger charge is 2.13. The number of ketones is 1. The van der Waals surface area contributed by atoms with Gasteiger partial charge in [0, 0.05) is 24.6 Å². The lowest BCUT2D eigenvalue weighted by molar-refractivity contribution is -0.142. The van der Waals surface area contributed by atoms with Crippen LogP contribution < -0.4 is 10.9 Å². The first kappa shape index (κ1) is 21.4. The second kappa shape index (κ2) is 9.93. The van der Waals surface area contributed by atoms with Gasteiger partial charge in [-0.2, -0.15) is 0 Å². The molecule has 0 atom stereocenters. The molecule has 8 nitrogen and oxygen atoms in total. The zero-order valence-electron chi connectivity index (χ0n) is 16.4. The molecule has 30 heavy (non-hydrogen) atoms. The second-order valence-corrected chi connectivity index (χ2v) is 7.81. The van der Waals surface area contributed by atoms with Gasteiger partial charge in [0.2, 0.25) is 11.7 Å². The fourth-order valence-corrected chi connectivity index (χ4v) is 3.65. The van der Waals surface area contributed by atoms with Crippen molar-refractivity contribution in [1.29, 1.82) is 0 Å². The number of aromatic amines is 1. The fourth-order valence-electron chi connectivity index (χ4n) is 2.78. The molecule has 156 valence electrons. The molecule has 9 heteroatoms. The topological polar surface area (TPSA) is 118 Å². The molecule has 0 saturated heterocycles. The molecule has 0 aliphatic carbocycles. The number of hydrogen-bond acceptors (Lipinski definition) is 7. The van der Waals surface area contributed by atoms with Gasteiger partial charge in [0.25, 0.3) is 5.56 Å². The first-order chi connectivity index (χ1) is 14.4. The van der Waals surface area contributed by atoms with Crippen molar-refractivity contribution in [2.24, 2.45) is 0 Å². The molecule has 0 aliphatic heterocycles. The molecule has 0 aliphatic rings. The van der Waals surface area contributed by atoms with Crippen molar-refractivity contribution in [2.75, 3.05) is 6.61 Å². The minimum Gasteiger partial charge on any atom is -0.457 e. The summed E-state index contributed by atoms with van der Waals surface area (Å²) in [5.41, 5.74) is 0.399. The Hall–Kier alpha value is -3.33. The van der Waals surface area contributed by atoms with Gasteiger partial charge < -0.3 is 15.0 Å². The van der Waals surface area contributed by atoms with Crippen LogP contribution in [0.1, 0.15) is 40.1 Å². The number of aromatic nitrogens is 2. The summed E-state index contributed by atoms with van der Waals surface area (Å²) in [5, 5.41) is 3.18. The molecule has 2 heterocycles. The van der Waals surface area contributed by atoms with E-state index in [4.69, 9.17) is 4.74 Å². The molecule has 2 aromatic heterocycles. The number of thiophene rings is 1. The van der Waals surface area contributed by atoms with Gasteiger partial charge in [-0.3, -0.25) is 19.2 Å². The van der Waals surface area contributed by atoms with Gasteiger partial charge in [0.15, 0.2) is 6.61 Å². The number of nitrogens with one attached hydrogen (secondary N) is 2. The van der Waals surface area contributed by atoms with Crippen molar-refractivity contribution in [1.82, 2.24) is 15.3 Å². The summed E-state index contributed by atoms with van der Waals surface area (Å²) in [6.07, 6.45) is 0.969. The molecule has 0 bridgehead atoms. The van der Waals surface area contributed by atoms with E-state index in [1.165, 1.54) is 18.3 Å². The Kier molecular flexibility index (Phi) is 7.08. The Morgan fingerprint density at radius 1 is 1.17 bits per heavy atom. The highest BCUT2D eigenvalue weighted by atomic mass is 32.1. The van der Waals surface area contributed by atoms with Crippen molar-refractivity contribution >= 4 is 39.9 Å². The lowest BCUT2D eigenvalue weighted by Crippen LogP contribution is -2.18. The number of ether oxygens (including phenoxy) is 1. The zero-order valence-corrected chi connectivity index (χ0v) is 17.2. The smallest absolute Gasteiger partial charge is 0.306 e. The summed E-state index contributed by atoms with van der Waals surface area (Å²) in [6, 6.07) is 10.5. The van der Waals surface area contributed by atoms with Gasteiger partial charge in [-0.1, -0.05) is 12.1 Å². The average Bonchev–Trinajstić information content (AvgIpc) is 3.20. The van der Waals surface area contributed by atoms with Crippen molar-refractivity contribution < 1.29 is 19.1 Å². The molecule has 2 N–H and O–H groups in total. The standard InChI is InChI=1S/C21H21N3O5S/c1-13(25)22-11-14-9-10-18(30-14)17(26)12-29-20(27)8-4-7-19-23-16-6-3-2-5-15(16)21(28)24-19/h2-3,5-6,9-10H,4,7-8,11-12H2,1H3,(H,22,25)(H,23,24,28). The van der Waals surface area contributed by atoms with Crippen LogP contribution in [-0.2, 0) is 27.3 Å². The van der Waals surface area contributed by atoms with Crippen LogP contribution in [0.2, 0.25) is 0 Å². The number of hydrogen-bond donors (Lipinski definition) is 2. The molecule has 1 aromatic carbocycles. The lowest BCUT2D eigenvalue weighted by atomic mass is 10.2. The number of rotatable bonds is 9. The van der Waals surface area contributed by atoms with Crippen molar-refractivity contribution in [2.45, 2.75) is 32.7 Å². The van der Waals surface area contributed by atoms with E-state index in [1.54, 1.807) is 30.3 Å². The van der Waals surface area contributed by atoms with Gasteiger partial charge in [0.05, 0.1) is 22.3 Å². The fraction of sp³-hybridized carbons (Fsp3) is 0.286. The number of Topliss-reactive ketones (excluding diaryl/α,β-unsaturated/α-hetero) is 1. The number of carbonyl (C=O) groups is 3. The number of H-pyrrole nitrogens is 1. The van der Waals surface area contributed by atoms with E-state index < -0.39 is 5.97 Å². The largest absolute Gasteiger partial charge is 0.457 e. The minimum atomic E-state index is -0.485. The Bertz CT molecular complexity index is 1130. The molecular weight excluding hydrogens is 406 g/mol. The Labute approximate surface area is 176 Å². The number of esters is 1. The maximum atomic E-state index is 12.2. The second-order valence-electron chi connectivity index (χ2n) is 6.64. The SMILES string of the molecule is CC(=O)NCc1ccc(C(=O)COC(=O)CCCc2nc3ccccc3c(=O)[nH]2)s1. The molecule has 0 saturated carbocycles. The molecule has 0 fully saturated rings. The van der Waals surface area contributed by atoms with Crippen LogP contribution in [0, 0.1) is 0 Å². The van der Waals surface area contributed by atoms with Gasteiger partial charge in [0.1, 0.15) is 5.82 Å². The number of nitrogens with zero attached hydrogens (tertiary/aromatic N) is 1. The van der Waals surface area contributed by atoms with Crippen LogP contribution in [0.4, 0.5) is 0 Å². The number of para-hydroxylation sites is 1. The van der Waals surface area contributed by atoms with Crippen LogP contribution in [-0.4, -0.2) is 34.2 Å². The quantitative estimate of drug-likeness (QED) is 0.400. The van der Waals surface area contributed by atoms with E-state index in [9.17, 15) is 19.2 Å². The normalized spacial score (nSPS) is 10.7. The van der Waals surface area contributed by atoms with E-state index in [0.717, 1.165) is 4.88 Å². The summed E-state index contributed by atoms with van der Waals surface area (Å²) in [6.45, 7) is 1.45. The maximum Gasteiger partial charge on any atom is 0.306 e. The number of aryl methyl sites for hydroxylation is 1. The van der Waals surface area contributed by atoms with Crippen molar-refractivity contribution in [3.8, 4) is 0 Å². The predicted molar refractivity (Wildman–Crippen MR) is 112 cm³/mol. The van der Waals surface area contributed by atoms with Gasteiger partial charge in [-0.15, -0.1) is 11.3 Å². The first-order valence-corrected chi connectivity index (χ1v) is 10.2. The summed E-state index contributed by atoms with van der Waals surface area (Å²) < 4.78 is 5.05. The number of carbonyl (C=O) groups excluding carboxylic acids is 3. The summed E-state index contributed by atoms with van der Waals surface area (Å²) in [7, 11) is 0. The lowest BCUT2D eigenvalue weighted by Gasteiger charge is -2.04. The molecule has 1 amide bonds. The maximum absolute atomic E-state index is 12.2. The highest BCUT2D eigenvalue weighted by Crippen LogP contribution is 2.17. The van der Waals surface area contributed by atoms with E-state index in [-0.39, 0.29) is 30.3 Å². The van der Waals surface area contributed by atoms with Crippen LogP contribution in [0.25, 0.3) is 10.9 Å². The molecule has 0 spiro atoms. The van der Waals surface area contributed by atoms with Gasteiger partial charge in [-0.25, -0.2) is 4.98 Å². The first-order valence-electron chi connectivity index (χ1n) is 9.42. The summed E-state index contributed by atoms with van der Waals surface area (Å²) in [5.74, 6) is -0.412. The Balaban J connectivity index is 1.43. The highest BCUT2D eigenvalue weighted by molar-refractivity contribution is 7.14.